The van der Waals surface area contributed by atoms with Gasteiger partial charge in [-0.3, -0.25) is 0 Å². The summed E-state index contributed by atoms with van der Waals surface area (Å²) in [6, 6.07) is 18.2. The number of hydrogen-bond acceptors (Lipinski definition) is 7. The quantitative estimate of drug-likeness (QED) is 0.381. The van der Waals surface area contributed by atoms with Crippen LogP contribution < -0.4 is 11.1 Å². The van der Waals surface area contributed by atoms with Gasteiger partial charge in [0.1, 0.15) is 12.4 Å². The molecule has 4 N–H and O–H groups in total. The smallest absolute Gasteiger partial charge is 0.449 e. The second kappa shape index (κ2) is 10.5. The van der Waals surface area contributed by atoms with E-state index in [1.54, 1.807) is 12.3 Å². The van der Waals surface area contributed by atoms with E-state index in [-0.39, 0.29) is 31.5 Å². The molecule has 0 atom stereocenters. The molecule has 0 unspecified atom stereocenters. The van der Waals surface area contributed by atoms with Crippen molar-refractivity contribution in [2.75, 3.05) is 18.9 Å². The number of aliphatic hydroxyl groups excluding tert-OH is 1. The summed E-state index contributed by atoms with van der Waals surface area (Å²) < 4.78 is 18.2. The van der Waals surface area contributed by atoms with Crippen molar-refractivity contribution in [1.82, 2.24) is 10.3 Å². The van der Waals surface area contributed by atoms with Gasteiger partial charge in [-0.05, 0) is 67.1 Å². The number of aliphatic hydroxyl groups is 1. The molecule has 39 heavy (non-hydrogen) atoms. The Morgan fingerprint density at radius 3 is 2.26 bits per heavy atom. The fourth-order valence-corrected chi connectivity index (χ4v) is 4.98. The van der Waals surface area contributed by atoms with Gasteiger partial charge in [-0.25, -0.2) is 9.78 Å². The van der Waals surface area contributed by atoms with E-state index < -0.39 is 24.4 Å². The number of pyridine rings is 1. The number of nitrogens with two attached hydrogens (primary N) is 1. The summed E-state index contributed by atoms with van der Waals surface area (Å²) in [5.41, 5.74) is 11.3. The van der Waals surface area contributed by atoms with Gasteiger partial charge >= 0.3 is 13.2 Å². The molecule has 8 nitrogen and oxygen atoms in total. The second-order valence-corrected chi connectivity index (χ2v) is 11.0. The van der Waals surface area contributed by atoms with E-state index in [1.165, 1.54) is 11.1 Å². The predicted molar refractivity (Wildman–Crippen MR) is 152 cm³/mol. The van der Waals surface area contributed by atoms with Crippen molar-refractivity contribution in [3.8, 4) is 11.1 Å². The fraction of sp³-hybridized carbons (Fsp3) is 0.333. The Balaban J connectivity index is 1.31. The molecule has 9 heteroatoms. The molecule has 1 fully saturated rings. The molecule has 2 aromatic carbocycles. The van der Waals surface area contributed by atoms with E-state index in [2.05, 4.69) is 34.6 Å². The number of alkyl carbamates (subject to hydrolysis) is 1. The summed E-state index contributed by atoms with van der Waals surface area (Å²) in [6.45, 7) is 8.00. The molecule has 2 heterocycles. The topological polar surface area (TPSA) is 116 Å². The predicted octanol–water partition coefficient (Wildman–Crippen LogP) is 4.71. The molecule has 1 saturated heterocycles. The Bertz CT molecular complexity index is 1360. The van der Waals surface area contributed by atoms with Crippen molar-refractivity contribution in [1.29, 1.82) is 0 Å². The van der Waals surface area contributed by atoms with Crippen LogP contribution in [-0.2, 0) is 20.7 Å². The van der Waals surface area contributed by atoms with E-state index in [9.17, 15) is 9.90 Å². The van der Waals surface area contributed by atoms with Crippen molar-refractivity contribution in [2.45, 2.75) is 51.4 Å². The number of benzene rings is 2. The van der Waals surface area contributed by atoms with Gasteiger partial charge in [-0.15, -0.1) is 0 Å². The van der Waals surface area contributed by atoms with Crippen LogP contribution in [-0.4, -0.2) is 47.7 Å². The molecule has 1 aromatic heterocycles. The summed E-state index contributed by atoms with van der Waals surface area (Å²) in [7, 11) is -0.695. The van der Waals surface area contributed by atoms with Gasteiger partial charge in [0, 0.05) is 24.2 Å². The van der Waals surface area contributed by atoms with Crippen molar-refractivity contribution >= 4 is 25.1 Å². The molecule has 0 radical (unpaired) electrons. The SMILES string of the molecule is CC1(C)OB(C(=Cc2cnc(N)c(CO)c2)CNC(=O)OCC2c3ccccc3-c3ccccc32)OC1(C)C. The Morgan fingerprint density at radius 2 is 1.67 bits per heavy atom. The molecule has 0 saturated carbocycles. The van der Waals surface area contributed by atoms with Crippen LogP contribution in [0.3, 0.4) is 0 Å². The van der Waals surface area contributed by atoms with Gasteiger partial charge in [0.25, 0.3) is 0 Å². The number of nitrogens with zero attached hydrogens (tertiary/aromatic N) is 1. The van der Waals surface area contributed by atoms with E-state index in [0.717, 1.165) is 11.1 Å². The molecule has 0 spiro atoms. The number of aromatic nitrogens is 1. The van der Waals surface area contributed by atoms with Crippen molar-refractivity contribution in [3.63, 3.8) is 0 Å². The third kappa shape index (κ3) is 5.30. The Hall–Kier alpha value is -3.66. The van der Waals surface area contributed by atoms with Gasteiger partial charge in [0.05, 0.1) is 17.8 Å². The first-order chi connectivity index (χ1) is 18.6. The first kappa shape index (κ1) is 26.9. The number of anilines is 1. The van der Waals surface area contributed by atoms with Crippen LogP contribution in [0.4, 0.5) is 10.6 Å². The molecule has 5 rings (SSSR count). The fourth-order valence-electron chi connectivity index (χ4n) is 4.98. The van der Waals surface area contributed by atoms with Crippen LogP contribution in [0, 0.1) is 0 Å². The summed E-state index contributed by atoms with van der Waals surface area (Å²) in [6.07, 6.45) is 2.90. The highest BCUT2D eigenvalue weighted by molar-refractivity contribution is 6.56. The standard InChI is InChI=1S/C30H34BN3O5/c1-29(2)30(3,4)39-31(38-29)21(14-19-13-20(17-35)27(32)33-15-19)16-34-28(36)37-18-26-24-11-7-5-9-22(24)23-10-6-8-12-25(23)26/h5-15,26,35H,16-18H2,1-4H3,(H2,32,33)(H,34,36). The lowest BCUT2D eigenvalue weighted by atomic mass is 9.77. The number of carbonyl (C=O) groups excluding carboxylic acids is 1. The molecule has 1 amide bonds. The van der Waals surface area contributed by atoms with Gasteiger partial charge in [0.2, 0.25) is 0 Å². The second-order valence-electron chi connectivity index (χ2n) is 11.0. The zero-order valence-electron chi connectivity index (χ0n) is 22.7. The van der Waals surface area contributed by atoms with E-state index in [0.29, 0.717) is 16.6 Å². The number of ether oxygens (including phenoxy) is 1. The molecule has 202 valence electrons. The zero-order valence-corrected chi connectivity index (χ0v) is 22.7. The average Bonchev–Trinajstić information content (AvgIpc) is 3.35. The van der Waals surface area contributed by atoms with Crippen LogP contribution >= 0.6 is 0 Å². The highest BCUT2D eigenvalue weighted by Gasteiger charge is 2.52. The number of carbonyl (C=O) groups is 1. The minimum Gasteiger partial charge on any atom is -0.449 e. The molecule has 1 aliphatic carbocycles. The number of nitrogen functional groups attached to an aromatic ring is 1. The maximum absolute atomic E-state index is 12.9. The van der Waals surface area contributed by atoms with Crippen molar-refractivity contribution < 1.29 is 23.9 Å². The first-order valence-corrected chi connectivity index (χ1v) is 13.1. The summed E-state index contributed by atoms with van der Waals surface area (Å²) >= 11 is 0. The van der Waals surface area contributed by atoms with Crippen LogP contribution in [0.1, 0.15) is 55.9 Å². The number of fused-ring (bicyclic) bond motifs is 3. The highest BCUT2D eigenvalue weighted by atomic mass is 16.7. The van der Waals surface area contributed by atoms with E-state index in [1.807, 2.05) is 58.0 Å². The van der Waals surface area contributed by atoms with Crippen molar-refractivity contribution in [3.05, 3.63) is 88.5 Å². The largest absolute Gasteiger partial charge is 0.492 e. The Kier molecular flexibility index (Phi) is 7.24. The number of rotatable bonds is 7. The lowest BCUT2D eigenvalue weighted by Gasteiger charge is -2.32. The van der Waals surface area contributed by atoms with E-state index >= 15 is 0 Å². The highest BCUT2D eigenvalue weighted by Crippen LogP contribution is 2.44. The maximum atomic E-state index is 12.9. The summed E-state index contributed by atoms with van der Waals surface area (Å²) in [4.78, 5) is 17.1. The Labute approximate surface area is 229 Å². The molecule has 2 aliphatic rings. The number of amides is 1. The lowest BCUT2D eigenvalue weighted by molar-refractivity contribution is 0.00578. The normalized spacial score (nSPS) is 17.6. The van der Waals surface area contributed by atoms with Crippen LogP contribution in [0.2, 0.25) is 0 Å². The van der Waals surface area contributed by atoms with Crippen molar-refractivity contribution in [2.24, 2.45) is 0 Å². The number of hydrogen-bond donors (Lipinski definition) is 3. The maximum Gasteiger partial charge on any atom is 0.492 e. The zero-order chi connectivity index (χ0) is 27.8. The molecular weight excluding hydrogens is 493 g/mol. The van der Waals surface area contributed by atoms with Gasteiger partial charge in [0.15, 0.2) is 0 Å². The lowest BCUT2D eigenvalue weighted by Crippen LogP contribution is -2.41. The minimum absolute atomic E-state index is 0.0287. The van der Waals surface area contributed by atoms with Gasteiger partial charge < -0.3 is 30.2 Å². The molecular formula is C30H34BN3O5. The van der Waals surface area contributed by atoms with Crippen LogP contribution in [0.15, 0.2) is 66.3 Å². The average molecular weight is 527 g/mol. The summed E-state index contributed by atoms with van der Waals surface area (Å²) in [5, 5.41) is 12.5. The monoisotopic (exact) mass is 527 g/mol. The van der Waals surface area contributed by atoms with Crippen LogP contribution in [0.25, 0.3) is 17.2 Å². The molecule has 3 aromatic rings. The van der Waals surface area contributed by atoms with Gasteiger partial charge in [-0.1, -0.05) is 54.6 Å². The molecule has 0 bridgehead atoms. The Morgan fingerprint density at radius 1 is 1.08 bits per heavy atom. The van der Waals surface area contributed by atoms with Crippen LogP contribution in [0.5, 0.6) is 0 Å². The minimum atomic E-state index is -0.695. The van der Waals surface area contributed by atoms with Gasteiger partial charge in [-0.2, -0.15) is 0 Å². The first-order valence-electron chi connectivity index (χ1n) is 13.1. The number of nitrogens with one attached hydrogen (secondary N) is 1. The third-order valence-electron chi connectivity index (χ3n) is 7.88. The third-order valence-corrected chi connectivity index (χ3v) is 7.88. The molecule has 1 aliphatic heterocycles. The summed E-state index contributed by atoms with van der Waals surface area (Å²) in [5.74, 6) is 0.239. The van der Waals surface area contributed by atoms with E-state index in [4.69, 9.17) is 19.8 Å².